The number of benzene rings is 2. The molecule has 0 atom stereocenters. The molecule has 0 saturated heterocycles. The van der Waals surface area contributed by atoms with E-state index in [-0.39, 0.29) is 22.6 Å². The van der Waals surface area contributed by atoms with Crippen LogP contribution in [-0.4, -0.2) is 25.5 Å². The highest BCUT2D eigenvalue weighted by Gasteiger charge is 2.25. The fourth-order valence-electron chi connectivity index (χ4n) is 2.49. The predicted molar refractivity (Wildman–Crippen MR) is 101 cm³/mol. The van der Waals surface area contributed by atoms with Crippen molar-refractivity contribution in [2.24, 2.45) is 0 Å². The van der Waals surface area contributed by atoms with Crippen LogP contribution in [0.1, 0.15) is 15.9 Å². The van der Waals surface area contributed by atoms with Gasteiger partial charge in [-0.05, 0) is 24.3 Å². The highest BCUT2D eigenvalue weighted by molar-refractivity contribution is 6.31. The fraction of sp³-hybridized carbons (Fsp3) is 0. The van der Waals surface area contributed by atoms with Crippen LogP contribution in [0.4, 0.5) is 17.2 Å². The van der Waals surface area contributed by atoms with Gasteiger partial charge in [-0.3, -0.25) is 25.0 Å². The van der Waals surface area contributed by atoms with Crippen LogP contribution in [-0.2, 0) is 0 Å². The molecule has 0 radical (unpaired) electrons. The van der Waals surface area contributed by atoms with Gasteiger partial charge in [-0.1, -0.05) is 17.7 Å². The summed E-state index contributed by atoms with van der Waals surface area (Å²) in [5, 5.41) is 38.4. The molecule has 3 aromatic rings. The minimum atomic E-state index is -0.821. The Morgan fingerprint density at radius 2 is 1.93 bits per heavy atom. The molecular weight excluding hydrogens is 404 g/mol. The van der Waals surface area contributed by atoms with Gasteiger partial charge in [0.05, 0.1) is 22.1 Å². The normalized spacial score (nSPS) is 10.2. The molecule has 3 rings (SSSR count). The number of anilines is 1. The molecule has 12 heteroatoms. The zero-order valence-electron chi connectivity index (χ0n) is 14.3. The Bertz CT molecular complexity index is 1200. The molecule has 0 aliphatic heterocycles. The number of carbonyl (C=O) groups is 1. The van der Waals surface area contributed by atoms with Crippen LogP contribution in [0.2, 0.25) is 5.02 Å². The zero-order valence-corrected chi connectivity index (χ0v) is 15.0. The third kappa shape index (κ3) is 3.87. The Kier molecular flexibility index (Phi) is 5.20. The van der Waals surface area contributed by atoms with Crippen molar-refractivity contribution >= 4 is 34.7 Å². The highest BCUT2D eigenvalue weighted by Crippen LogP contribution is 2.31. The van der Waals surface area contributed by atoms with Crippen LogP contribution in [0, 0.1) is 31.6 Å². The Labute approximate surface area is 167 Å². The first kappa shape index (κ1) is 19.5. The van der Waals surface area contributed by atoms with Crippen LogP contribution < -0.4 is 5.32 Å². The van der Waals surface area contributed by atoms with Crippen LogP contribution in [0.3, 0.4) is 0 Å². The standard InChI is InChI=1S/C17H9ClN6O5/c18-12-3-1-2-10(6-12)17(25)21-16-11(8-19)9-20-22(16)14-5-4-13(23(26)27)7-15(14)24(28)29/h1-7,9H,(H,21,25). The lowest BCUT2D eigenvalue weighted by Gasteiger charge is -2.10. The summed E-state index contributed by atoms with van der Waals surface area (Å²) in [6.45, 7) is 0. The molecule has 1 N–H and O–H groups in total. The number of hydrogen-bond donors (Lipinski definition) is 1. The summed E-state index contributed by atoms with van der Waals surface area (Å²) >= 11 is 5.87. The summed E-state index contributed by atoms with van der Waals surface area (Å²) in [6, 6.07) is 10.8. The lowest BCUT2D eigenvalue weighted by Crippen LogP contribution is -2.16. The molecular formula is C17H9ClN6O5. The number of non-ortho nitro benzene ring substituents is 1. The lowest BCUT2D eigenvalue weighted by atomic mass is 10.2. The van der Waals surface area contributed by atoms with Crippen molar-refractivity contribution in [1.82, 2.24) is 9.78 Å². The lowest BCUT2D eigenvalue weighted by molar-refractivity contribution is -0.394. The van der Waals surface area contributed by atoms with E-state index < -0.39 is 27.1 Å². The minimum Gasteiger partial charge on any atom is -0.305 e. The van der Waals surface area contributed by atoms with Gasteiger partial charge in [-0.2, -0.15) is 10.4 Å². The maximum atomic E-state index is 12.5. The summed E-state index contributed by atoms with van der Waals surface area (Å²) in [7, 11) is 0. The van der Waals surface area contributed by atoms with Crippen molar-refractivity contribution in [2.45, 2.75) is 0 Å². The third-order valence-electron chi connectivity index (χ3n) is 3.80. The molecule has 0 fully saturated rings. The first-order valence-corrected chi connectivity index (χ1v) is 8.18. The number of halogens is 1. The second-order valence-corrected chi connectivity index (χ2v) is 6.02. The zero-order chi connectivity index (χ0) is 21.1. The summed E-state index contributed by atoms with van der Waals surface area (Å²) in [6.07, 6.45) is 1.11. The van der Waals surface area contributed by atoms with Crippen molar-refractivity contribution in [2.75, 3.05) is 5.32 Å². The highest BCUT2D eigenvalue weighted by atomic mass is 35.5. The van der Waals surface area contributed by atoms with Gasteiger partial charge in [0.1, 0.15) is 17.3 Å². The van der Waals surface area contributed by atoms with Crippen molar-refractivity contribution in [1.29, 1.82) is 5.26 Å². The van der Waals surface area contributed by atoms with Gasteiger partial charge < -0.3 is 5.32 Å². The number of rotatable bonds is 5. The number of amides is 1. The number of nitrogens with zero attached hydrogens (tertiary/aromatic N) is 5. The summed E-state index contributed by atoms with van der Waals surface area (Å²) in [5.74, 6) is -0.759. The van der Waals surface area contributed by atoms with Gasteiger partial charge in [-0.25, -0.2) is 4.68 Å². The molecule has 0 unspecified atom stereocenters. The first-order chi connectivity index (χ1) is 13.8. The minimum absolute atomic E-state index is 0.0620. The smallest absolute Gasteiger partial charge is 0.301 e. The molecule has 2 aromatic carbocycles. The van der Waals surface area contributed by atoms with Crippen molar-refractivity contribution in [3.8, 4) is 11.8 Å². The Morgan fingerprint density at radius 3 is 2.55 bits per heavy atom. The average molecular weight is 413 g/mol. The molecule has 29 heavy (non-hydrogen) atoms. The molecule has 0 aliphatic rings. The Hall–Kier alpha value is -4.30. The van der Waals surface area contributed by atoms with Crippen LogP contribution in [0.5, 0.6) is 0 Å². The number of hydrogen-bond acceptors (Lipinski definition) is 7. The van der Waals surface area contributed by atoms with E-state index in [2.05, 4.69) is 10.4 Å². The first-order valence-electron chi connectivity index (χ1n) is 7.80. The molecule has 1 heterocycles. The number of nitro groups is 2. The SMILES string of the molecule is N#Cc1cnn(-c2ccc([N+](=O)[O-])cc2[N+](=O)[O-])c1NC(=O)c1cccc(Cl)c1. The van der Waals surface area contributed by atoms with E-state index in [0.717, 1.165) is 29.1 Å². The van der Waals surface area contributed by atoms with Crippen molar-refractivity contribution < 1.29 is 14.6 Å². The number of nitrogens with one attached hydrogen (secondary N) is 1. The van der Waals surface area contributed by atoms with Gasteiger partial charge in [0.25, 0.3) is 11.6 Å². The Balaban J connectivity index is 2.10. The number of nitro benzene ring substituents is 2. The van der Waals surface area contributed by atoms with E-state index in [1.165, 1.54) is 12.1 Å². The van der Waals surface area contributed by atoms with E-state index in [1.54, 1.807) is 12.1 Å². The number of nitriles is 1. The second kappa shape index (κ2) is 7.75. The molecule has 1 amide bonds. The summed E-state index contributed by atoms with van der Waals surface area (Å²) in [5.41, 5.74) is -1.15. The largest absolute Gasteiger partial charge is 0.305 e. The maximum Gasteiger partial charge on any atom is 0.301 e. The molecule has 0 aliphatic carbocycles. The van der Waals surface area contributed by atoms with E-state index in [1.807, 2.05) is 6.07 Å². The van der Waals surface area contributed by atoms with E-state index in [0.29, 0.717) is 5.02 Å². The van der Waals surface area contributed by atoms with Crippen molar-refractivity contribution in [3.05, 3.63) is 85.0 Å². The molecule has 1 aromatic heterocycles. The summed E-state index contributed by atoms with van der Waals surface area (Å²) in [4.78, 5) is 33.3. The van der Waals surface area contributed by atoms with E-state index in [4.69, 9.17) is 11.6 Å². The number of aromatic nitrogens is 2. The molecule has 0 saturated carbocycles. The average Bonchev–Trinajstić information content (AvgIpc) is 3.09. The van der Waals surface area contributed by atoms with Gasteiger partial charge in [0.2, 0.25) is 0 Å². The topological polar surface area (TPSA) is 157 Å². The van der Waals surface area contributed by atoms with E-state index >= 15 is 0 Å². The van der Waals surface area contributed by atoms with Gasteiger partial charge in [0.15, 0.2) is 5.82 Å². The predicted octanol–water partition coefficient (Wildman–Crippen LogP) is 3.47. The van der Waals surface area contributed by atoms with Gasteiger partial charge in [-0.15, -0.1) is 0 Å². The van der Waals surface area contributed by atoms with Crippen LogP contribution in [0.15, 0.2) is 48.7 Å². The van der Waals surface area contributed by atoms with E-state index in [9.17, 15) is 30.3 Å². The number of carbonyl (C=O) groups excluding carboxylic acids is 1. The van der Waals surface area contributed by atoms with Gasteiger partial charge in [0, 0.05) is 16.7 Å². The molecule has 0 spiro atoms. The monoisotopic (exact) mass is 412 g/mol. The Morgan fingerprint density at radius 1 is 1.17 bits per heavy atom. The van der Waals surface area contributed by atoms with Crippen LogP contribution in [0.25, 0.3) is 5.69 Å². The van der Waals surface area contributed by atoms with Crippen molar-refractivity contribution in [3.63, 3.8) is 0 Å². The fourth-order valence-corrected chi connectivity index (χ4v) is 2.68. The quantitative estimate of drug-likeness (QED) is 0.496. The third-order valence-corrected chi connectivity index (χ3v) is 4.04. The maximum absolute atomic E-state index is 12.5. The summed E-state index contributed by atoms with van der Waals surface area (Å²) < 4.78 is 0.961. The molecule has 0 bridgehead atoms. The molecule has 144 valence electrons. The van der Waals surface area contributed by atoms with Crippen LogP contribution >= 0.6 is 11.6 Å². The van der Waals surface area contributed by atoms with Gasteiger partial charge >= 0.3 is 5.69 Å². The molecule has 11 nitrogen and oxygen atoms in total. The second-order valence-electron chi connectivity index (χ2n) is 5.58.